The predicted octanol–water partition coefficient (Wildman–Crippen LogP) is 3.64. The van der Waals surface area contributed by atoms with Crippen LogP contribution in [0.5, 0.6) is 0 Å². The predicted molar refractivity (Wildman–Crippen MR) is 66.5 cm³/mol. The second-order valence-electron chi connectivity index (χ2n) is 5.68. The average Bonchev–Trinajstić information content (AvgIpc) is 2.83. The molecule has 16 heavy (non-hydrogen) atoms. The van der Waals surface area contributed by atoms with Gasteiger partial charge in [0.1, 0.15) is 0 Å². The summed E-state index contributed by atoms with van der Waals surface area (Å²) in [7, 11) is 0. The SMILES string of the molecule is CCC1C(C)C12CCCc1cc(C)ncc12. The van der Waals surface area contributed by atoms with Gasteiger partial charge >= 0.3 is 0 Å². The third kappa shape index (κ3) is 1.15. The molecule has 3 unspecified atom stereocenters. The van der Waals surface area contributed by atoms with Crippen LogP contribution in [0.2, 0.25) is 0 Å². The first-order chi connectivity index (χ1) is 7.70. The molecule has 86 valence electrons. The molecule has 0 saturated heterocycles. The molecular formula is C15H21N. The number of hydrogen-bond acceptors (Lipinski definition) is 1. The van der Waals surface area contributed by atoms with Crippen LogP contribution in [0.3, 0.4) is 0 Å². The van der Waals surface area contributed by atoms with E-state index in [1.54, 1.807) is 11.1 Å². The highest BCUT2D eigenvalue weighted by Crippen LogP contribution is 2.65. The topological polar surface area (TPSA) is 12.9 Å². The zero-order chi connectivity index (χ0) is 11.3. The molecule has 1 heteroatoms. The van der Waals surface area contributed by atoms with Crippen LogP contribution in [-0.2, 0) is 11.8 Å². The first kappa shape index (κ1) is 10.3. The van der Waals surface area contributed by atoms with Gasteiger partial charge in [-0.3, -0.25) is 4.98 Å². The Morgan fingerprint density at radius 3 is 3.00 bits per heavy atom. The molecule has 2 aliphatic carbocycles. The average molecular weight is 215 g/mol. The quantitative estimate of drug-likeness (QED) is 0.697. The Morgan fingerprint density at radius 1 is 1.50 bits per heavy atom. The largest absolute Gasteiger partial charge is 0.261 e. The minimum Gasteiger partial charge on any atom is -0.261 e. The van der Waals surface area contributed by atoms with Crippen molar-refractivity contribution in [3.63, 3.8) is 0 Å². The van der Waals surface area contributed by atoms with E-state index in [9.17, 15) is 0 Å². The Kier molecular flexibility index (Phi) is 2.14. The van der Waals surface area contributed by atoms with E-state index in [1.807, 2.05) is 0 Å². The molecule has 1 aromatic heterocycles. The molecule has 0 aromatic carbocycles. The molecule has 1 fully saturated rings. The molecule has 2 aliphatic rings. The maximum Gasteiger partial charge on any atom is 0.0375 e. The third-order valence-electron chi connectivity index (χ3n) is 5.07. The summed E-state index contributed by atoms with van der Waals surface area (Å²) in [6.07, 6.45) is 7.54. The van der Waals surface area contributed by atoms with Crippen molar-refractivity contribution in [2.75, 3.05) is 0 Å². The lowest BCUT2D eigenvalue weighted by Crippen LogP contribution is -2.20. The van der Waals surface area contributed by atoms with E-state index in [0.717, 1.165) is 11.8 Å². The fourth-order valence-electron chi connectivity index (χ4n) is 4.25. The maximum absolute atomic E-state index is 4.53. The normalized spacial score (nSPS) is 36.2. The summed E-state index contributed by atoms with van der Waals surface area (Å²) in [5.74, 6) is 1.79. The highest BCUT2D eigenvalue weighted by molar-refractivity contribution is 5.43. The number of fused-ring (bicyclic) bond motifs is 2. The van der Waals surface area contributed by atoms with E-state index < -0.39 is 0 Å². The molecule has 3 atom stereocenters. The van der Waals surface area contributed by atoms with E-state index in [1.165, 1.54) is 31.4 Å². The van der Waals surface area contributed by atoms with Crippen LogP contribution in [-0.4, -0.2) is 4.98 Å². The van der Waals surface area contributed by atoms with Crippen LogP contribution < -0.4 is 0 Å². The van der Waals surface area contributed by atoms with Gasteiger partial charge in [-0.1, -0.05) is 20.3 Å². The molecule has 0 amide bonds. The summed E-state index contributed by atoms with van der Waals surface area (Å²) in [6.45, 7) is 6.88. The van der Waals surface area contributed by atoms with Gasteiger partial charge in [-0.15, -0.1) is 0 Å². The van der Waals surface area contributed by atoms with Crippen LogP contribution in [0.15, 0.2) is 12.3 Å². The number of nitrogens with zero attached hydrogens (tertiary/aromatic N) is 1. The Morgan fingerprint density at radius 2 is 2.31 bits per heavy atom. The van der Waals surface area contributed by atoms with Gasteiger partial charge in [0.05, 0.1) is 0 Å². The zero-order valence-electron chi connectivity index (χ0n) is 10.6. The van der Waals surface area contributed by atoms with E-state index in [2.05, 4.69) is 38.0 Å². The molecule has 0 radical (unpaired) electrons. The summed E-state index contributed by atoms with van der Waals surface area (Å²) in [6, 6.07) is 2.31. The number of aromatic nitrogens is 1. The van der Waals surface area contributed by atoms with Gasteiger partial charge in [0.15, 0.2) is 0 Å². The van der Waals surface area contributed by atoms with Gasteiger partial charge in [-0.2, -0.15) is 0 Å². The minimum atomic E-state index is 0.517. The van der Waals surface area contributed by atoms with Crippen LogP contribution in [0.1, 0.15) is 49.9 Å². The van der Waals surface area contributed by atoms with Crippen molar-refractivity contribution in [1.82, 2.24) is 4.98 Å². The van der Waals surface area contributed by atoms with Crippen LogP contribution in [0, 0.1) is 18.8 Å². The molecular weight excluding hydrogens is 194 g/mol. The summed E-state index contributed by atoms with van der Waals surface area (Å²) in [5.41, 5.74) is 4.87. The molecule has 1 spiro atoms. The molecule has 0 N–H and O–H groups in total. The third-order valence-corrected chi connectivity index (χ3v) is 5.07. The summed E-state index contributed by atoms with van der Waals surface area (Å²) >= 11 is 0. The molecule has 0 aliphatic heterocycles. The van der Waals surface area contributed by atoms with Gasteiger partial charge in [0, 0.05) is 17.3 Å². The Hall–Kier alpha value is -0.850. The number of hydrogen-bond donors (Lipinski definition) is 0. The molecule has 0 bridgehead atoms. The van der Waals surface area contributed by atoms with E-state index in [4.69, 9.17) is 0 Å². The smallest absolute Gasteiger partial charge is 0.0375 e. The fourth-order valence-corrected chi connectivity index (χ4v) is 4.25. The summed E-state index contributed by atoms with van der Waals surface area (Å²) in [5, 5.41) is 0. The highest BCUT2D eigenvalue weighted by atomic mass is 14.7. The van der Waals surface area contributed by atoms with Gasteiger partial charge in [-0.25, -0.2) is 0 Å². The second kappa shape index (κ2) is 3.32. The van der Waals surface area contributed by atoms with Crippen molar-refractivity contribution in [2.45, 2.75) is 51.9 Å². The van der Waals surface area contributed by atoms with Crippen molar-refractivity contribution in [3.8, 4) is 0 Å². The van der Waals surface area contributed by atoms with Crippen molar-refractivity contribution in [1.29, 1.82) is 0 Å². The zero-order valence-corrected chi connectivity index (χ0v) is 10.6. The monoisotopic (exact) mass is 215 g/mol. The Balaban J connectivity index is 2.08. The number of pyridine rings is 1. The second-order valence-corrected chi connectivity index (χ2v) is 5.68. The molecule has 1 saturated carbocycles. The first-order valence-electron chi connectivity index (χ1n) is 6.66. The summed E-state index contributed by atoms with van der Waals surface area (Å²) < 4.78 is 0. The van der Waals surface area contributed by atoms with Crippen molar-refractivity contribution < 1.29 is 0 Å². The molecule has 1 heterocycles. The lowest BCUT2D eigenvalue weighted by Gasteiger charge is -2.27. The standard InChI is InChI=1S/C15H21N/c1-4-13-11(3)15(13)7-5-6-12-8-10(2)16-9-14(12)15/h8-9,11,13H,4-7H2,1-3H3. The van der Waals surface area contributed by atoms with Gasteiger partial charge in [0.25, 0.3) is 0 Å². The van der Waals surface area contributed by atoms with Gasteiger partial charge in [0.2, 0.25) is 0 Å². The van der Waals surface area contributed by atoms with Crippen molar-refractivity contribution in [2.24, 2.45) is 11.8 Å². The van der Waals surface area contributed by atoms with Gasteiger partial charge in [-0.05, 0) is 55.2 Å². The molecule has 1 nitrogen and oxygen atoms in total. The van der Waals surface area contributed by atoms with E-state index >= 15 is 0 Å². The molecule has 1 aromatic rings. The van der Waals surface area contributed by atoms with Crippen molar-refractivity contribution >= 4 is 0 Å². The van der Waals surface area contributed by atoms with Gasteiger partial charge < -0.3 is 0 Å². The molecule has 3 rings (SSSR count). The van der Waals surface area contributed by atoms with E-state index in [-0.39, 0.29) is 0 Å². The van der Waals surface area contributed by atoms with Crippen molar-refractivity contribution in [3.05, 3.63) is 29.1 Å². The van der Waals surface area contributed by atoms with E-state index in [0.29, 0.717) is 5.41 Å². The number of rotatable bonds is 1. The Labute approximate surface area is 98.3 Å². The lowest BCUT2D eigenvalue weighted by molar-refractivity contribution is 0.478. The fraction of sp³-hybridized carbons (Fsp3) is 0.667. The summed E-state index contributed by atoms with van der Waals surface area (Å²) in [4.78, 5) is 4.53. The van der Waals surface area contributed by atoms with Crippen LogP contribution in [0.4, 0.5) is 0 Å². The first-order valence-corrected chi connectivity index (χ1v) is 6.66. The van der Waals surface area contributed by atoms with Crippen LogP contribution >= 0.6 is 0 Å². The van der Waals surface area contributed by atoms with Crippen LogP contribution in [0.25, 0.3) is 0 Å². The minimum absolute atomic E-state index is 0.517. The Bertz CT molecular complexity index is 423. The maximum atomic E-state index is 4.53. The highest BCUT2D eigenvalue weighted by Gasteiger charge is 2.62. The number of aryl methyl sites for hydroxylation is 2. The lowest BCUT2D eigenvalue weighted by atomic mass is 9.78.